The van der Waals surface area contributed by atoms with Gasteiger partial charge >= 0.3 is 5.97 Å². The summed E-state index contributed by atoms with van der Waals surface area (Å²) in [5, 5.41) is -0.570. The highest BCUT2D eigenvalue weighted by Crippen LogP contribution is 2.32. The van der Waals surface area contributed by atoms with E-state index in [0.717, 1.165) is 11.8 Å². The van der Waals surface area contributed by atoms with Gasteiger partial charge in [-0.3, -0.25) is 9.59 Å². The van der Waals surface area contributed by atoms with E-state index in [9.17, 15) is 31.5 Å². The fourth-order valence-electron chi connectivity index (χ4n) is 1.56. The number of carbonyl (C=O) groups excluding carboxylic acids is 2. The largest absolute Gasteiger partial charge is 0.419 e. The van der Waals surface area contributed by atoms with Crippen LogP contribution < -0.4 is 4.74 Å². The van der Waals surface area contributed by atoms with Gasteiger partial charge in [-0.2, -0.15) is 8.78 Å². The first-order valence-electron chi connectivity index (χ1n) is 5.24. The maximum Gasteiger partial charge on any atom is 0.323 e. The van der Waals surface area contributed by atoms with Gasteiger partial charge in [0.05, 0.1) is 0 Å². The van der Waals surface area contributed by atoms with Gasteiger partial charge in [-0.25, -0.2) is 13.2 Å². The summed E-state index contributed by atoms with van der Waals surface area (Å²) in [7, 11) is 0. The van der Waals surface area contributed by atoms with Gasteiger partial charge in [0.2, 0.25) is 40.0 Å². The second-order valence-corrected chi connectivity index (χ2v) is 4.93. The highest BCUT2D eigenvalue weighted by atomic mass is 32.2. The minimum Gasteiger partial charge on any atom is -0.419 e. The van der Waals surface area contributed by atoms with E-state index in [2.05, 4.69) is 4.74 Å². The highest BCUT2D eigenvalue weighted by Gasteiger charge is 2.36. The molecule has 0 aromatic heterocycles. The van der Waals surface area contributed by atoms with Gasteiger partial charge in [0, 0.05) is 5.75 Å². The zero-order valence-corrected chi connectivity index (χ0v) is 10.3. The maximum atomic E-state index is 13.3. The van der Waals surface area contributed by atoms with Crippen LogP contribution in [-0.4, -0.2) is 16.8 Å². The van der Waals surface area contributed by atoms with Gasteiger partial charge in [0.15, 0.2) is 0 Å². The second kappa shape index (κ2) is 5.39. The standard InChI is InChI=1S/C11H5F5O3S/c12-4-5(13)7(15)9(8(16)6(4)14)19-10(17)3-1-2-20-11(3)18/h3H,1-2H2. The second-order valence-electron chi connectivity index (χ2n) is 3.83. The number of ether oxygens (including phenoxy) is 1. The summed E-state index contributed by atoms with van der Waals surface area (Å²) < 4.78 is 69.2. The van der Waals surface area contributed by atoms with Crippen molar-refractivity contribution in [3.8, 4) is 5.75 Å². The van der Waals surface area contributed by atoms with Crippen molar-refractivity contribution in [2.45, 2.75) is 6.42 Å². The molecule has 0 aliphatic carbocycles. The third kappa shape index (κ3) is 2.37. The number of benzene rings is 1. The van der Waals surface area contributed by atoms with Gasteiger partial charge in [0.25, 0.3) is 0 Å². The predicted molar refractivity (Wildman–Crippen MR) is 57.4 cm³/mol. The van der Waals surface area contributed by atoms with Crippen LogP contribution in [0.15, 0.2) is 0 Å². The molecule has 1 unspecified atom stereocenters. The number of thioether (sulfide) groups is 1. The van der Waals surface area contributed by atoms with Crippen molar-refractivity contribution in [2.24, 2.45) is 5.92 Å². The van der Waals surface area contributed by atoms with E-state index in [1.807, 2.05) is 0 Å². The molecule has 0 amide bonds. The molecule has 1 atom stereocenters. The van der Waals surface area contributed by atoms with E-state index in [0.29, 0.717) is 5.75 Å². The Morgan fingerprint density at radius 3 is 1.95 bits per heavy atom. The van der Waals surface area contributed by atoms with Crippen LogP contribution in [0, 0.1) is 35.0 Å². The van der Waals surface area contributed by atoms with E-state index in [4.69, 9.17) is 0 Å². The average Bonchev–Trinajstić information content (AvgIpc) is 2.85. The summed E-state index contributed by atoms with van der Waals surface area (Å²) in [6.07, 6.45) is 0.0811. The normalized spacial score (nSPS) is 18.4. The topological polar surface area (TPSA) is 43.4 Å². The molecule has 2 rings (SSSR count). The Balaban J connectivity index is 2.34. The summed E-state index contributed by atoms with van der Waals surface area (Å²) in [6, 6.07) is 0. The number of carbonyl (C=O) groups is 2. The molecule has 0 saturated carbocycles. The first-order valence-corrected chi connectivity index (χ1v) is 6.23. The quantitative estimate of drug-likeness (QED) is 0.210. The summed E-state index contributed by atoms with van der Waals surface area (Å²) in [6.45, 7) is 0. The Morgan fingerprint density at radius 1 is 1.00 bits per heavy atom. The third-order valence-corrected chi connectivity index (χ3v) is 3.60. The lowest BCUT2D eigenvalue weighted by atomic mass is 10.1. The molecule has 20 heavy (non-hydrogen) atoms. The lowest BCUT2D eigenvalue weighted by molar-refractivity contribution is -0.141. The number of hydrogen-bond donors (Lipinski definition) is 0. The molecule has 9 heteroatoms. The number of esters is 1. The van der Waals surface area contributed by atoms with Crippen molar-refractivity contribution in [1.82, 2.24) is 0 Å². The van der Waals surface area contributed by atoms with E-state index in [-0.39, 0.29) is 6.42 Å². The molecule has 1 aliphatic rings. The van der Waals surface area contributed by atoms with Crippen LogP contribution in [0.1, 0.15) is 6.42 Å². The molecule has 0 spiro atoms. The lowest BCUT2D eigenvalue weighted by Crippen LogP contribution is -2.24. The van der Waals surface area contributed by atoms with E-state index < -0.39 is 51.8 Å². The fourth-order valence-corrected chi connectivity index (χ4v) is 2.53. The molecule has 0 bridgehead atoms. The minimum absolute atomic E-state index is 0.0811. The fraction of sp³-hybridized carbons (Fsp3) is 0.273. The summed E-state index contributed by atoms with van der Waals surface area (Å²) in [5.41, 5.74) is 0. The smallest absolute Gasteiger partial charge is 0.323 e. The van der Waals surface area contributed by atoms with Crippen molar-refractivity contribution in [3.63, 3.8) is 0 Å². The van der Waals surface area contributed by atoms with Crippen LogP contribution >= 0.6 is 11.8 Å². The van der Waals surface area contributed by atoms with Gasteiger partial charge in [-0.05, 0) is 6.42 Å². The molecule has 1 aromatic rings. The summed E-state index contributed by atoms with van der Waals surface area (Å²) in [5.74, 6) is -15.3. The van der Waals surface area contributed by atoms with Crippen LogP contribution in [0.5, 0.6) is 5.75 Å². The summed E-state index contributed by atoms with van der Waals surface area (Å²) in [4.78, 5) is 22.7. The molecule has 0 radical (unpaired) electrons. The number of hydrogen-bond acceptors (Lipinski definition) is 4. The van der Waals surface area contributed by atoms with Gasteiger partial charge in [0.1, 0.15) is 5.92 Å². The Labute approximate surface area is 113 Å². The molecule has 1 saturated heterocycles. The molecule has 1 aromatic carbocycles. The van der Waals surface area contributed by atoms with Crippen molar-refractivity contribution in [1.29, 1.82) is 0 Å². The zero-order chi connectivity index (χ0) is 15.0. The third-order valence-electron chi connectivity index (χ3n) is 2.59. The molecule has 1 aliphatic heterocycles. The van der Waals surface area contributed by atoms with Gasteiger partial charge < -0.3 is 4.74 Å². The van der Waals surface area contributed by atoms with Crippen LogP contribution in [0.3, 0.4) is 0 Å². The Bertz CT molecular complexity index is 575. The van der Waals surface area contributed by atoms with Crippen LogP contribution in [0.4, 0.5) is 22.0 Å². The molecular weight excluding hydrogens is 307 g/mol. The van der Waals surface area contributed by atoms with Crippen LogP contribution in [-0.2, 0) is 9.59 Å². The first kappa shape index (κ1) is 14.8. The monoisotopic (exact) mass is 312 g/mol. The SMILES string of the molecule is O=C(Oc1c(F)c(F)c(F)c(F)c1F)C1CCSC1=O. The van der Waals surface area contributed by atoms with E-state index in [1.165, 1.54) is 0 Å². The van der Waals surface area contributed by atoms with E-state index in [1.54, 1.807) is 0 Å². The van der Waals surface area contributed by atoms with E-state index >= 15 is 0 Å². The van der Waals surface area contributed by atoms with Crippen molar-refractivity contribution >= 4 is 22.8 Å². The van der Waals surface area contributed by atoms with Crippen molar-refractivity contribution in [3.05, 3.63) is 29.1 Å². The minimum atomic E-state index is -2.35. The van der Waals surface area contributed by atoms with Gasteiger partial charge in [-0.15, -0.1) is 0 Å². The zero-order valence-electron chi connectivity index (χ0n) is 9.51. The van der Waals surface area contributed by atoms with Crippen LogP contribution in [0.25, 0.3) is 0 Å². The van der Waals surface area contributed by atoms with Crippen LogP contribution in [0.2, 0.25) is 0 Å². The molecule has 1 heterocycles. The summed E-state index contributed by atoms with van der Waals surface area (Å²) >= 11 is 0.826. The highest BCUT2D eigenvalue weighted by molar-refractivity contribution is 8.14. The Kier molecular flexibility index (Phi) is 3.98. The molecular formula is C11H5F5O3S. The molecule has 3 nitrogen and oxygen atoms in total. The Morgan fingerprint density at radius 2 is 1.50 bits per heavy atom. The Hall–Kier alpha value is -1.64. The average molecular weight is 312 g/mol. The van der Waals surface area contributed by atoms with Gasteiger partial charge in [-0.1, -0.05) is 11.8 Å². The maximum absolute atomic E-state index is 13.3. The first-order chi connectivity index (χ1) is 9.34. The molecule has 1 fully saturated rings. The van der Waals surface area contributed by atoms with Crippen molar-refractivity contribution in [2.75, 3.05) is 5.75 Å². The predicted octanol–water partition coefficient (Wildman–Crippen LogP) is 2.57. The number of rotatable bonds is 2. The molecule has 108 valence electrons. The van der Waals surface area contributed by atoms with Crippen molar-refractivity contribution < 1.29 is 36.3 Å². The molecule has 0 N–H and O–H groups in total. The number of halogens is 5. The lowest BCUT2D eigenvalue weighted by Gasteiger charge is -2.10.